The highest BCUT2D eigenvalue weighted by molar-refractivity contribution is 7.47. The molecular weight excluding hydrogens is 1230 g/mol. The molecule has 0 saturated heterocycles. The summed E-state index contributed by atoms with van der Waals surface area (Å²) in [6.45, 7) is 9.56. The highest BCUT2D eigenvalue weighted by Gasteiger charge is 2.30. The van der Waals surface area contributed by atoms with Gasteiger partial charge in [-0.3, -0.25) is 37.3 Å². The van der Waals surface area contributed by atoms with Gasteiger partial charge in [-0.25, -0.2) is 9.13 Å². The molecule has 0 radical (unpaired) electrons. The van der Waals surface area contributed by atoms with Crippen LogP contribution < -0.4 is 0 Å². The Bertz CT molecular complexity index is 1820. The number of aliphatic hydroxyl groups excluding tert-OH is 1. The smallest absolute Gasteiger partial charge is 0.462 e. The molecule has 94 heavy (non-hydrogen) atoms. The van der Waals surface area contributed by atoms with Gasteiger partial charge in [-0.2, -0.15) is 0 Å². The van der Waals surface area contributed by atoms with Crippen LogP contribution >= 0.6 is 15.6 Å². The van der Waals surface area contributed by atoms with Gasteiger partial charge in [0.1, 0.15) is 19.3 Å². The van der Waals surface area contributed by atoms with Crippen LogP contribution in [-0.4, -0.2) is 96.7 Å². The lowest BCUT2D eigenvalue weighted by molar-refractivity contribution is -0.161. The molecular formula is C75H146O17P2. The van der Waals surface area contributed by atoms with Gasteiger partial charge in [0.25, 0.3) is 0 Å². The second kappa shape index (κ2) is 66.9. The maximum absolute atomic E-state index is 13.1. The minimum atomic E-state index is -4.96. The lowest BCUT2D eigenvalue weighted by Crippen LogP contribution is -2.30. The van der Waals surface area contributed by atoms with Crippen molar-refractivity contribution in [3.63, 3.8) is 0 Å². The molecule has 0 aliphatic heterocycles. The van der Waals surface area contributed by atoms with Gasteiger partial charge in [0.2, 0.25) is 0 Å². The molecule has 0 fully saturated rings. The zero-order valence-electron chi connectivity index (χ0n) is 61.3. The third-order valence-corrected chi connectivity index (χ3v) is 19.7. The number of phosphoric acid groups is 2. The molecule has 3 unspecified atom stereocenters. The van der Waals surface area contributed by atoms with Crippen LogP contribution in [0.3, 0.4) is 0 Å². The Balaban J connectivity index is 5.23. The van der Waals surface area contributed by atoms with Gasteiger partial charge in [0.05, 0.1) is 26.4 Å². The number of carbonyl (C=O) groups is 4. The first-order chi connectivity index (χ1) is 45.4. The third kappa shape index (κ3) is 67.3. The van der Waals surface area contributed by atoms with Crippen molar-refractivity contribution in [2.45, 2.75) is 407 Å². The molecule has 17 nitrogen and oxygen atoms in total. The summed E-state index contributed by atoms with van der Waals surface area (Å²) in [6, 6.07) is 0. The SMILES string of the molecule is CCCCCCCCCCCCCCCCCCCCCC(=O)O[C@H](COC(=O)CCCCCCCCCCCCC(C)CC)COP(=O)(O)OC[C@@H](O)COP(=O)(O)OC[C@@H](COC(=O)CCCCCCCCCC(C)C)OC(=O)CCCCCCCCCCCCC. The van der Waals surface area contributed by atoms with Gasteiger partial charge in [0.15, 0.2) is 12.2 Å². The zero-order valence-corrected chi connectivity index (χ0v) is 63.1. The minimum Gasteiger partial charge on any atom is -0.462 e. The van der Waals surface area contributed by atoms with E-state index in [0.717, 1.165) is 102 Å². The van der Waals surface area contributed by atoms with Crippen LogP contribution in [0.15, 0.2) is 0 Å². The second-order valence-electron chi connectivity index (χ2n) is 27.8. The quantitative estimate of drug-likeness (QED) is 0.0222. The minimum absolute atomic E-state index is 0.106. The lowest BCUT2D eigenvalue weighted by Gasteiger charge is -2.21. The number of carbonyl (C=O) groups excluding carboxylic acids is 4. The van der Waals surface area contributed by atoms with Crippen LogP contribution in [-0.2, 0) is 65.4 Å². The molecule has 0 heterocycles. The van der Waals surface area contributed by atoms with E-state index in [-0.39, 0.29) is 25.7 Å². The van der Waals surface area contributed by atoms with Crippen molar-refractivity contribution in [3.05, 3.63) is 0 Å². The highest BCUT2D eigenvalue weighted by atomic mass is 31.2. The molecule has 19 heteroatoms. The number of esters is 4. The van der Waals surface area contributed by atoms with Gasteiger partial charge < -0.3 is 33.8 Å². The first-order valence-corrected chi connectivity index (χ1v) is 42.0. The molecule has 3 N–H and O–H groups in total. The summed E-state index contributed by atoms with van der Waals surface area (Å²) in [5.74, 6) is -0.603. The van der Waals surface area contributed by atoms with Crippen molar-refractivity contribution >= 4 is 39.5 Å². The third-order valence-electron chi connectivity index (χ3n) is 17.8. The Morgan fingerprint density at radius 2 is 0.543 bits per heavy atom. The summed E-state index contributed by atoms with van der Waals surface area (Å²) in [6.07, 6.45) is 54.1. The van der Waals surface area contributed by atoms with E-state index >= 15 is 0 Å². The van der Waals surface area contributed by atoms with E-state index in [9.17, 15) is 43.2 Å². The molecule has 0 rings (SSSR count). The molecule has 0 aliphatic carbocycles. The van der Waals surface area contributed by atoms with Crippen LogP contribution in [0.2, 0.25) is 0 Å². The maximum atomic E-state index is 13.1. The van der Waals surface area contributed by atoms with Crippen molar-refractivity contribution in [1.29, 1.82) is 0 Å². The van der Waals surface area contributed by atoms with Crippen molar-refractivity contribution in [2.24, 2.45) is 11.8 Å². The normalized spacial score (nSPS) is 14.3. The van der Waals surface area contributed by atoms with Crippen LogP contribution in [0.25, 0.3) is 0 Å². The standard InChI is InChI=1S/C75H146O17P2/c1-7-10-12-14-16-18-20-21-22-23-24-25-26-27-29-35-41-48-54-60-75(80)91-70(63-85-72(77)57-51-45-39-33-31-30-32-38-44-50-56-68(6)9-3)65-89-93(81,82)87-61-69(76)62-88-94(83,84)90-66-71(64-86-73(78)58-52-46-42-36-37-43-49-55-67(4)5)92-74(79)59-53-47-40-34-28-19-17-15-13-11-8-2/h67-71,76H,7-66H2,1-6H3,(H,81,82)(H,83,84)/t68?,69-,70-,71-/m1/s1. The van der Waals surface area contributed by atoms with Gasteiger partial charge >= 0.3 is 39.5 Å². The molecule has 0 saturated carbocycles. The largest absolute Gasteiger partial charge is 0.472 e. The van der Waals surface area contributed by atoms with E-state index in [1.165, 1.54) is 199 Å². The zero-order chi connectivity index (χ0) is 69.3. The van der Waals surface area contributed by atoms with E-state index in [1.54, 1.807) is 0 Å². The molecule has 0 aromatic carbocycles. The summed E-state index contributed by atoms with van der Waals surface area (Å²) < 4.78 is 68.5. The summed E-state index contributed by atoms with van der Waals surface area (Å²) in [5, 5.41) is 10.6. The van der Waals surface area contributed by atoms with Crippen LogP contribution in [0, 0.1) is 11.8 Å². The maximum Gasteiger partial charge on any atom is 0.472 e. The van der Waals surface area contributed by atoms with Crippen molar-refractivity contribution in [3.8, 4) is 0 Å². The van der Waals surface area contributed by atoms with Crippen molar-refractivity contribution in [2.75, 3.05) is 39.6 Å². The Kier molecular flexibility index (Phi) is 65.5. The van der Waals surface area contributed by atoms with Gasteiger partial charge in [0, 0.05) is 25.7 Å². The van der Waals surface area contributed by atoms with E-state index < -0.39 is 97.5 Å². The van der Waals surface area contributed by atoms with Gasteiger partial charge in [-0.1, -0.05) is 337 Å². The van der Waals surface area contributed by atoms with Crippen LogP contribution in [0.1, 0.15) is 388 Å². The van der Waals surface area contributed by atoms with E-state index in [1.807, 2.05) is 0 Å². The topological polar surface area (TPSA) is 237 Å². The Hall–Kier alpha value is -1.94. The first kappa shape index (κ1) is 92.1. The summed E-state index contributed by atoms with van der Waals surface area (Å²) in [5.41, 5.74) is 0. The fourth-order valence-electron chi connectivity index (χ4n) is 11.4. The average Bonchev–Trinajstić information content (AvgIpc) is 1.25. The predicted octanol–water partition coefficient (Wildman–Crippen LogP) is 21.9. The molecule has 0 amide bonds. The monoisotopic (exact) mass is 1380 g/mol. The molecule has 0 aromatic heterocycles. The number of unbranched alkanes of at least 4 members (excludes halogenated alkanes) is 43. The Morgan fingerprint density at radius 3 is 0.809 bits per heavy atom. The molecule has 0 bridgehead atoms. The fraction of sp³-hybridized carbons (Fsp3) is 0.947. The van der Waals surface area contributed by atoms with E-state index in [0.29, 0.717) is 31.6 Å². The number of phosphoric ester groups is 2. The summed E-state index contributed by atoms with van der Waals surface area (Å²) in [7, 11) is -9.91. The lowest BCUT2D eigenvalue weighted by atomic mass is 9.99. The van der Waals surface area contributed by atoms with Crippen molar-refractivity contribution in [1.82, 2.24) is 0 Å². The predicted molar refractivity (Wildman–Crippen MR) is 381 cm³/mol. The fourth-order valence-corrected chi connectivity index (χ4v) is 13.0. The number of aliphatic hydroxyl groups is 1. The second-order valence-corrected chi connectivity index (χ2v) is 30.7. The van der Waals surface area contributed by atoms with Crippen LogP contribution in [0.5, 0.6) is 0 Å². The average molecular weight is 1380 g/mol. The van der Waals surface area contributed by atoms with Crippen LogP contribution in [0.4, 0.5) is 0 Å². The molecule has 0 spiro atoms. The first-order valence-electron chi connectivity index (χ1n) is 39.0. The molecule has 0 aliphatic rings. The number of hydrogen-bond donors (Lipinski definition) is 3. The van der Waals surface area contributed by atoms with E-state index in [4.69, 9.17) is 37.0 Å². The summed E-state index contributed by atoms with van der Waals surface area (Å²) in [4.78, 5) is 72.7. The number of hydrogen-bond acceptors (Lipinski definition) is 15. The molecule has 558 valence electrons. The van der Waals surface area contributed by atoms with Crippen molar-refractivity contribution < 1.29 is 80.2 Å². The Labute approximate surface area is 575 Å². The highest BCUT2D eigenvalue weighted by Crippen LogP contribution is 2.45. The summed E-state index contributed by atoms with van der Waals surface area (Å²) >= 11 is 0. The van der Waals surface area contributed by atoms with E-state index in [2.05, 4.69) is 41.5 Å². The number of rotatable bonds is 74. The van der Waals surface area contributed by atoms with Gasteiger partial charge in [-0.15, -0.1) is 0 Å². The number of ether oxygens (including phenoxy) is 4. The van der Waals surface area contributed by atoms with Gasteiger partial charge in [-0.05, 0) is 37.5 Å². The Morgan fingerprint density at radius 1 is 0.309 bits per heavy atom. The molecule has 6 atom stereocenters. The molecule has 0 aromatic rings.